The van der Waals surface area contributed by atoms with Crippen LogP contribution in [0.2, 0.25) is 0 Å². The Morgan fingerprint density at radius 2 is 1.91 bits per heavy atom. The van der Waals surface area contributed by atoms with Gasteiger partial charge >= 0.3 is 0 Å². The summed E-state index contributed by atoms with van der Waals surface area (Å²) in [6.07, 6.45) is 0. The number of fused-ring (bicyclic) bond motifs is 1. The Morgan fingerprint density at radius 1 is 1.18 bits per heavy atom. The van der Waals surface area contributed by atoms with Crippen LogP contribution in [0.5, 0.6) is 5.75 Å². The van der Waals surface area contributed by atoms with Gasteiger partial charge in [-0.25, -0.2) is 0 Å². The summed E-state index contributed by atoms with van der Waals surface area (Å²) < 4.78 is 11.5. The van der Waals surface area contributed by atoms with Crippen molar-refractivity contribution in [3.63, 3.8) is 0 Å². The van der Waals surface area contributed by atoms with Gasteiger partial charge in [0.2, 0.25) is 5.13 Å². The third-order valence-corrected chi connectivity index (χ3v) is 6.77. The average molecular weight is 484 g/mol. The van der Waals surface area contributed by atoms with Gasteiger partial charge in [-0.1, -0.05) is 61.5 Å². The molecule has 9 nitrogen and oxygen atoms in total. The molecule has 1 fully saturated rings. The van der Waals surface area contributed by atoms with Crippen molar-refractivity contribution in [3.8, 4) is 5.75 Å². The molecule has 0 atom stereocenters. The van der Waals surface area contributed by atoms with Crippen LogP contribution in [0.4, 0.5) is 5.13 Å². The fourth-order valence-corrected chi connectivity index (χ4v) is 4.46. The fraction of sp³-hybridized carbons (Fsp3) is 0.417. The standard InChI is InChI=1S/C24H29N5O4S/c1-24(2,3)22-26-27-23(34-22)25-21(30)20(28-31)18-8-9-19(17-7-5-4-6-16(17)18)33-15-12-29-10-13-32-14-11-29/h4-9,31H,10-15H2,1-3H3,(H,25,27,30)/b28-20-. The van der Waals surface area contributed by atoms with Crippen LogP contribution in [0.1, 0.15) is 31.3 Å². The molecule has 1 amide bonds. The smallest absolute Gasteiger partial charge is 0.280 e. The van der Waals surface area contributed by atoms with Gasteiger partial charge in [-0.15, -0.1) is 10.2 Å². The number of hydrogen-bond acceptors (Lipinski definition) is 9. The Morgan fingerprint density at radius 3 is 2.59 bits per heavy atom. The third kappa shape index (κ3) is 5.52. The monoisotopic (exact) mass is 483 g/mol. The zero-order valence-corrected chi connectivity index (χ0v) is 20.4. The second-order valence-electron chi connectivity index (χ2n) is 9.02. The first kappa shape index (κ1) is 24.1. The lowest BCUT2D eigenvalue weighted by molar-refractivity contribution is -0.110. The van der Waals surface area contributed by atoms with Crippen molar-refractivity contribution in [3.05, 3.63) is 47.0 Å². The van der Waals surface area contributed by atoms with Crippen LogP contribution in [-0.2, 0) is 14.9 Å². The van der Waals surface area contributed by atoms with Gasteiger partial charge in [-0.05, 0) is 17.5 Å². The van der Waals surface area contributed by atoms with Crippen molar-refractivity contribution in [2.45, 2.75) is 26.2 Å². The maximum atomic E-state index is 13.0. The van der Waals surface area contributed by atoms with E-state index in [0.29, 0.717) is 23.1 Å². The second kappa shape index (κ2) is 10.5. The highest BCUT2D eigenvalue weighted by Gasteiger charge is 2.23. The molecule has 0 aliphatic carbocycles. The lowest BCUT2D eigenvalue weighted by atomic mass is 9.98. The zero-order chi connectivity index (χ0) is 24.1. The number of anilines is 1. The SMILES string of the molecule is CC(C)(C)c1nnc(NC(=O)/C(=N\O)c2ccc(OCCN3CCOCC3)c3ccccc23)s1. The molecule has 0 spiro atoms. The molecular weight excluding hydrogens is 454 g/mol. The Hall–Kier alpha value is -3.08. The van der Waals surface area contributed by atoms with Crippen LogP contribution in [0.15, 0.2) is 41.6 Å². The van der Waals surface area contributed by atoms with Crippen molar-refractivity contribution in [1.82, 2.24) is 15.1 Å². The number of carbonyl (C=O) groups excluding carboxylic acids is 1. The summed E-state index contributed by atoms with van der Waals surface area (Å²) in [7, 11) is 0. The first-order chi connectivity index (χ1) is 16.4. The van der Waals surface area contributed by atoms with Gasteiger partial charge < -0.3 is 14.7 Å². The fourth-order valence-electron chi connectivity index (χ4n) is 3.67. The molecule has 1 aliphatic heterocycles. The van der Waals surface area contributed by atoms with E-state index in [1.165, 1.54) is 11.3 Å². The highest BCUT2D eigenvalue weighted by Crippen LogP contribution is 2.30. The molecule has 1 aliphatic rings. The number of oxime groups is 1. The number of amides is 1. The van der Waals surface area contributed by atoms with Crippen LogP contribution in [-0.4, -0.2) is 71.4 Å². The van der Waals surface area contributed by atoms with E-state index in [1.807, 2.05) is 45.0 Å². The molecule has 4 rings (SSSR count). The summed E-state index contributed by atoms with van der Waals surface area (Å²) in [6, 6.07) is 11.1. The van der Waals surface area contributed by atoms with E-state index >= 15 is 0 Å². The highest BCUT2D eigenvalue weighted by molar-refractivity contribution is 7.15. The normalized spacial score (nSPS) is 15.4. The largest absolute Gasteiger partial charge is 0.492 e. The summed E-state index contributed by atoms with van der Waals surface area (Å²) in [5.74, 6) is 0.148. The van der Waals surface area contributed by atoms with Crippen LogP contribution in [0.25, 0.3) is 10.8 Å². The summed E-state index contributed by atoms with van der Waals surface area (Å²) in [5.41, 5.74) is 0.211. The topological polar surface area (TPSA) is 109 Å². The Bertz CT molecular complexity index is 1180. The number of aromatic nitrogens is 2. The highest BCUT2D eigenvalue weighted by atomic mass is 32.1. The first-order valence-electron chi connectivity index (χ1n) is 11.2. The predicted molar refractivity (Wildman–Crippen MR) is 132 cm³/mol. The Labute approximate surface area is 202 Å². The third-order valence-electron chi connectivity index (χ3n) is 5.51. The maximum Gasteiger partial charge on any atom is 0.280 e. The molecule has 34 heavy (non-hydrogen) atoms. The van der Waals surface area contributed by atoms with Crippen LogP contribution in [0, 0.1) is 0 Å². The number of ether oxygens (including phenoxy) is 2. The van der Waals surface area contributed by atoms with Crippen molar-refractivity contribution in [2.24, 2.45) is 5.16 Å². The molecule has 0 unspecified atom stereocenters. The van der Waals surface area contributed by atoms with Crippen LogP contribution in [0.3, 0.4) is 0 Å². The molecule has 1 aromatic heterocycles. The zero-order valence-electron chi connectivity index (χ0n) is 19.6. The van der Waals surface area contributed by atoms with Gasteiger partial charge in [0.25, 0.3) is 5.91 Å². The summed E-state index contributed by atoms with van der Waals surface area (Å²) in [5, 5.41) is 26.7. The molecule has 3 aromatic rings. The second-order valence-corrected chi connectivity index (χ2v) is 10.0. The summed E-state index contributed by atoms with van der Waals surface area (Å²) in [6.45, 7) is 10.7. The van der Waals surface area contributed by atoms with Crippen molar-refractivity contribution in [1.29, 1.82) is 0 Å². The average Bonchev–Trinajstić information content (AvgIpc) is 3.30. The molecule has 0 bridgehead atoms. The Kier molecular flexibility index (Phi) is 7.40. The van der Waals surface area contributed by atoms with Crippen LogP contribution < -0.4 is 10.1 Å². The quantitative estimate of drug-likeness (QED) is 0.301. The minimum absolute atomic E-state index is 0.108. The summed E-state index contributed by atoms with van der Waals surface area (Å²) in [4.78, 5) is 15.3. The number of hydrogen-bond donors (Lipinski definition) is 2. The number of benzene rings is 2. The lowest BCUT2D eigenvalue weighted by Gasteiger charge is -2.26. The van der Waals surface area contributed by atoms with E-state index in [0.717, 1.165) is 48.6 Å². The molecule has 10 heteroatoms. The van der Waals surface area contributed by atoms with Crippen molar-refractivity contribution in [2.75, 3.05) is 44.8 Å². The lowest BCUT2D eigenvalue weighted by Crippen LogP contribution is -2.38. The van der Waals surface area contributed by atoms with E-state index in [9.17, 15) is 10.0 Å². The number of nitrogens with one attached hydrogen (secondary N) is 1. The van der Waals surface area contributed by atoms with E-state index in [-0.39, 0.29) is 11.1 Å². The van der Waals surface area contributed by atoms with Gasteiger partial charge in [-0.3, -0.25) is 15.0 Å². The number of carbonyl (C=O) groups is 1. The maximum absolute atomic E-state index is 13.0. The predicted octanol–water partition coefficient (Wildman–Crippen LogP) is 3.52. The number of nitrogens with zero attached hydrogens (tertiary/aromatic N) is 4. The number of morpholine rings is 1. The molecule has 1 saturated heterocycles. The Balaban J connectivity index is 1.52. The minimum Gasteiger partial charge on any atom is -0.492 e. The van der Waals surface area contributed by atoms with Gasteiger partial charge in [0, 0.05) is 36.0 Å². The molecule has 2 aromatic carbocycles. The van der Waals surface area contributed by atoms with E-state index in [2.05, 4.69) is 25.6 Å². The number of rotatable bonds is 7. The van der Waals surface area contributed by atoms with E-state index < -0.39 is 5.91 Å². The van der Waals surface area contributed by atoms with E-state index in [1.54, 1.807) is 12.1 Å². The first-order valence-corrected chi connectivity index (χ1v) is 12.0. The van der Waals surface area contributed by atoms with E-state index in [4.69, 9.17) is 9.47 Å². The van der Waals surface area contributed by atoms with Gasteiger partial charge in [0.05, 0.1) is 13.2 Å². The van der Waals surface area contributed by atoms with Gasteiger partial charge in [0.15, 0.2) is 5.71 Å². The van der Waals surface area contributed by atoms with Crippen molar-refractivity contribution >= 4 is 38.9 Å². The molecular formula is C24H29N5O4S. The molecule has 0 radical (unpaired) electrons. The molecule has 2 N–H and O–H groups in total. The molecule has 0 saturated carbocycles. The molecule has 180 valence electrons. The van der Waals surface area contributed by atoms with Crippen molar-refractivity contribution < 1.29 is 19.5 Å². The van der Waals surface area contributed by atoms with Gasteiger partial charge in [0.1, 0.15) is 17.4 Å². The van der Waals surface area contributed by atoms with Gasteiger partial charge in [-0.2, -0.15) is 0 Å². The minimum atomic E-state index is -0.565. The molecule has 2 heterocycles. The summed E-state index contributed by atoms with van der Waals surface area (Å²) >= 11 is 1.30. The van der Waals surface area contributed by atoms with Crippen LogP contribution >= 0.6 is 11.3 Å².